The van der Waals surface area contributed by atoms with Crippen LogP contribution < -0.4 is 0 Å². The van der Waals surface area contributed by atoms with Crippen molar-refractivity contribution < 1.29 is 14.3 Å². The molecule has 12 heavy (non-hydrogen) atoms. The molecule has 0 amide bonds. The van der Waals surface area contributed by atoms with Gasteiger partial charge in [0.1, 0.15) is 5.78 Å². The second-order valence-corrected chi connectivity index (χ2v) is 3.25. The van der Waals surface area contributed by atoms with Crippen LogP contribution in [0.4, 0.5) is 0 Å². The summed E-state index contributed by atoms with van der Waals surface area (Å²) in [6.45, 7) is 2.10. The number of cyclic esters (lactones) is 1. The Balaban J connectivity index is 2.29. The molecule has 0 N–H and O–H groups in total. The minimum Gasteiger partial charge on any atom is -0.465 e. The maximum atomic E-state index is 11.1. The van der Waals surface area contributed by atoms with Crippen molar-refractivity contribution in [1.29, 1.82) is 0 Å². The van der Waals surface area contributed by atoms with Gasteiger partial charge in [-0.25, -0.2) is 0 Å². The Kier molecular flexibility index (Phi) is 3.26. The molecule has 0 spiro atoms. The van der Waals surface area contributed by atoms with Gasteiger partial charge >= 0.3 is 5.97 Å². The van der Waals surface area contributed by atoms with Crippen molar-refractivity contribution in [2.24, 2.45) is 5.92 Å². The minimum absolute atomic E-state index is 0.0253. The van der Waals surface area contributed by atoms with Crippen LogP contribution in [0.15, 0.2) is 0 Å². The van der Waals surface area contributed by atoms with Crippen LogP contribution in [0.5, 0.6) is 0 Å². The highest BCUT2D eigenvalue weighted by Gasteiger charge is 2.23. The molecule has 0 aliphatic carbocycles. The van der Waals surface area contributed by atoms with Crippen molar-refractivity contribution in [3.8, 4) is 0 Å². The lowest BCUT2D eigenvalue weighted by Crippen LogP contribution is -2.24. The molecule has 0 aromatic rings. The van der Waals surface area contributed by atoms with Gasteiger partial charge in [-0.05, 0) is 26.2 Å². The minimum atomic E-state index is -0.123. The lowest BCUT2D eigenvalue weighted by atomic mass is 9.95. The Labute approximate surface area is 72.1 Å². The van der Waals surface area contributed by atoms with Crippen molar-refractivity contribution >= 4 is 11.8 Å². The number of carbonyl (C=O) groups is 2. The molecule has 68 valence electrons. The molecule has 1 unspecified atom stereocenters. The van der Waals surface area contributed by atoms with Crippen molar-refractivity contribution in [2.75, 3.05) is 6.61 Å². The molecule has 0 bridgehead atoms. The Morgan fingerprint density at radius 3 is 3.00 bits per heavy atom. The molecule has 1 fully saturated rings. The van der Waals surface area contributed by atoms with Gasteiger partial charge in [0.15, 0.2) is 0 Å². The van der Waals surface area contributed by atoms with E-state index in [1.54, 1.807) is 6.92 Å². The van der Waals surface area contributed by atoms with Crippen molar-refractivity contribution in [2.45, 2.75) is 32.6 Å². The molecule has 0 radical (unpaired) electrons. The number of carbonyl (C=O) groups excluding carboxylic acids is 2. The highest BCUT2D eigenvalue weighted by molar-refractivity contribution is 5.77. The number of ketones is 1. The van der Waals surface area contributed by atoms with Gasteiger partial charge < -0.3 is 9.53 Å². The van der Waals surface area contributed by atoms with Gasteiger partial charge in [-0.15, -0.1) is 0 Å². The predicted molar refractivity (Wildman–Crippen MR) is 43.6 cm³/mol. The first-order chi connectivity index (χ1) is 5.70. The molecular formula is C9H14O3. The third-order valence-corrected chi connectivity index (χ3v) is 2.12. The lowest BCUT2D eigenvalue weighted by molar-refractivity contribution is -0.153. The van der Waals surface area contributed by atoms with Gasteiger partial charge in [0.2, 0.25) is 0 Å². The van der Waals surface area contributed by atoms with Crippen molar-refractivity contribution in [3.05, 3.63) is 0 Å². The Morgan fingerprint density at radius 2 is 2.42 bits per heavy atom. The number of Topliss-reactive ketones (excluding diaryl/α,β-unsaturated/α-hetero) is 1. The number of hydrogen-bond donors (Lipinski definition) is 0. The van der Waals surface area contributed by atoms with Crippen LogP contribution in [0.25, 0.3) is 0 Å². The topological polar surface area (TPSA) is 43.4 Å². The zero-order chi connectivity index (χ0) is 8.97. The second-order valence-electron chi connectivity index (χ2n) is 3.25. The van der Waals surface area contributed by atoms with Crippen molar-refractivity contribution in [1.82, 2.24) is 0 Å². The summed E-state index contributed by atoms with van der Waals surface area (Å²) < 4.78 is 4.87. The van der Waals surface area contributed by atoms with Crippen LogP contribution in [0.2, 0.25) is 0 Å². The fourth-order valence-electron chi connectivity index (χ4n) is 1.38. The molecule has 0 aromatic carbocycles. The van der Waals surface area contributed by atoms with Gasteiger partial charge in [-0.1, -0.05) is 0 Å². The van der Waals surface area contributed by atoms with Crippen LogP contribution >= 0.6 is 0 Å². The molecule has 1 atom stereocenters. The maximum absolute atomic E-state index is 11.1. The van der Waals surface area contributed by atoms with Crippen LogP contribution in [0, 0.1) is 5.92 Å². The van der Waals surface area contributed by atoms with Gasteiger partial charge in [0, 0.05) is 6.42 Å². The second kappa shape index (κ2) is 4.24. The average molecular weight is 170 g/mol. The number of esters is 1. The number of rotatable bonds is 3. The SMILES string of the molecule is CC(=O)CCC1CCCOC1=O. The molecule has 3 nitrogen and oxygen atoms in total. The van der Waals surface area contributed by atoms with Crippen LogP contribution in [-0.4, -0.2) is 18.4 Å². The summed E-state index contributed by atoms with van der Waals surface area (Å²) in [6.07, 6.45) is 2.98. The third kappa shape index (κ3) is 2.64. The first kappa shape index (κ1) is 9.23. The highest BCUT2D eigenvalue weighted by Crippen LogP contribution is 2.19. The first-order valence-electron chi connectivity index (χ1n) is 4.36. The van der Waals surface area contributed by atoms with Gasteiger partial charge in [-0.2, -0.15) is 0 Å². The molecule has 1 aliphatic heterocycles. The monoisotopic (exact) mass is 170 g/mol. The Bertz CT molecular complexity index is 186. The summed E-state index contributed by atoms with van der Waals surface area (Å²) in [5, 5.41) is 0. The zero-order valence-electron chi connectivity index (χ0n) is 7.34. The molecule has 0 aromatic heterocycles. The standard InChI is InChI=1S/C9H14O3/c1-7(10)4-5-8-3-2-6-12-9(8)11/h8H,2-6H2,1H3. The van der Waals surface area contributed by atoms with Crippen molar-refractivity contribution in [3.63, 3.8) is 0 Å². The molecule has 1 heterocycles. The predicted octanol–water partition coefficient (Wildman–Crippen LogP) is 1.31. The first-order valence-corrected chi connectivity index (χ1v) is 4.36. The molecule has 1 saturated heterocycles. The van der Waals surface area contributed by atoms with Crippen LogP contribution in [0.3, 0.4) is 0 Å². The summed E-state index contributed by atoms with van der Waals surface area (Å²) in [5.74, 6) is -0.00137. The van der Waals surface area contributed by atoms with E-state index in [0.29, 0.717) is 19.4 Å². The molecular weight excluding hydrogens is 156 g/mol. The smallest absolute Gasteiger partial charge is 0.308 e. The van der Waals surface area contributed by atoms with E-state index < -0.39 is 0 Å². The fraction of sp³-hybridized carbons (Fsp3) is 0.778. The third-order valence-electron chi connectivity index (χ3n) is 2.12. The zero-order valence-corrected chi connectivity index (χ0v) is 7.34. The largest absolute Gasteiger partial charge is 0.465 e. The van der Waals surface area contributed by atoms with E-state index in [1.807, 2.05) is 0 Å². The van der Waals surface area contributed by atoms with Gasteiger partial charge in [0.25, 0.3) is 0 Å². The van der Waals surface area contributed by atoms with Gasteiger partial charge in [0.05, 0.1) is 12.5 Å². The van der Waals surface area contributed by atoms with Gasteiger partial charge in [-0.3, -0.25) is 4.79 Å². The van der Waals surface area contributed by atoms with E-state index in [0.717, 1.165) is 12.8 Å². The normalized spacial score (nSPS) is 23.4. The van der Waals surface area contributed by atoms with E-state index in [9.17, 15) is 9.59 Å². The molecule has 1 aliphatic rings. The van der Waals surface area contributed by atoms with Crippen LogP contribution in [-0.2, 0) is 14.3 Å². The van der Waals surface area contributed by atoms with E-state index in [-0.39, 0.29) is 17.7 Å². The number of hydrogen-bond acceptors (Lipinski definition) is 3. The highest BCUT2D eigenvalue weighted by atomic mass is 16.5. The molecule has 1 rings (SSSR count). The summed E-state index contributed by atoms with van der Waals surface area (Å²) in [5.41, 5.74) is 0. The summed E-state index contributed by atoms with van der Waals surface area (Å²) in [7, 11) is 0. The lowest BCUT2D eigenvalue weighted by Gasteiger charge is -2.19. The molecule has 3 heteroatoms. The summed E-state index contributed by atoms with van der Waals surface area (Å²) in [6, 6.07) is 0. The fourth-order valence-corrected chi connectivity index (χ4v) is 1.38. The van der Waals surface area contributed by atoms with E-state index in [4.69, 9.17) is 4.74 Å². The maximum Gasteiger partial charge on any atom is 0.308 e. The number of ether oxygens (including phenoxy) is 1. The Morgan fingerprint density at radius 1 is 1.67 bits per heavy atom. The average Bonchev–Trinajstić information content (AvgIpc) is 2.03. The quantitative estimate of drug-likeness (QED) is 0.600. The van der Waals surface area contributed by atoms with Crippen LogP contribution in [0.1, 0.15) is 32.6 Å². The Hall–Kier alpha value is -0.860. The molecule has 0 saturated carbocycles. The summed E-state index contributed by atoms with van der Waals surface area (Å²) in [4.78, 5) is 21.7. The summed E-state index contributed by atoms with van der Waals surface area (Å²) >= 11 is 0. The van der Waals surface area contributed by atoms with E-state index in [1.165, 1.54) is 0 Å². The van der Waals surface area contributed by atoms with E-state index in [2.05, 4.69) is 0 Å². The van der Waals surface area contributed by atoms with E-state index >= 15 is 0 Å².